The fourth-order valence-electron chi connectivity index (χ4n) is 0.816. The summed E-state index contributed by atoms with van der Waals surface area (Å²) in [5, 5.41) is 2.99. The molecule has 1 unspecified atom stereocenters. The Morgan fingerprint density at radius 1 is 1.73 bits per heavy atom. The quantitative estimate of drug-likeness (QED) is 0.617. The van der Waals surface area contributed by atoms with Crippen molar-refractivity contribution in [1.29, 1.82) is 0 Å². The number of carbonyl (C=O) groups excluding carboxylic acids is 1. The Bertz CT molecular complexity index is 165. The van der Waals surface area contributed by atoms with Gasteiger partial charge < -0.3 is 5.32 Å². The Hall–Kier alpha value is -0.180. The molecular formula is C8H15NOS. The smallest absolute Gasteiger partial charge is 0.224 e. The van der Waals surface area contributed by atoms with Gasteiger partial charge in [-0.3, -0.25) is 4.79 Å². The van der Waals surface area contributed by atoms with E-state index < -0.39 is 0 Å². The van der Waals surface area contributed by atoms with Gasteiger partial charge in [-0.05, 0) is 19.8 Å². The topological polar surface area (TPSA) is 29.1 Å². The molecule has 0 saturated heterocycles. The van der Waals surface area contributed by atoms with E-state index in [0.29, 0.717) is 5.75 Å². The molecule has 64 valence electrons. The Morgan fingerprint density at radius 2 is 2.27 bits per heavy atom. The number of nitrogens with one attached hydrogen (secondary N) is 1. The molecule has 1 atom stereocenters. The maximum atomic E-state index is 11.3. The van der Waals surface area contributed by atoms with Crippen molar-refractivity contribution in [3.8, 4) is 0 Å². The first-order chi connectivity index (χ1) is 5.07. The van der Waals surface area contributed by atoms with E-state index in [1.165, 1.54) is 0 Å². The van der Waals surface area contributed by atoms with E-state index in [4.69, 9.17) is 0 Å². The predicted molar refractivity (Wildman–Crippen MR) is 48.8 cm³/mol. The lowest BCUT2D eigenvalue weighted by Gasteiger charge is -2.14. The Balaban J connectivity index is 2.31. The minimum absolute atomic E-state index is 0.0377. The number of hydrogen-bond donors (Lipinski definition) is 2. The highest BCUT2D eigenvalue weighted by atomic mass is 32.1. The molecule has 1 N–H and O–H groups in total. The molecule has 1 aliphatic rings. The van der Waals surface area contributed by atoms with E-state index in [9.17, 15) is 4.79 Å². The standard InChI is InChI=1S/C8H15NOS/c1-6(5-11)7(10)9-8(2)3-4-8/h6,11H,3-5H2,1-2H3,(H,9,10). The summed E-state index contributed by atoms with van der Waals surface area (Å²) in [6.07, 6.45) is 2.25. The molecule has 0 aromatic carbocycles. The molecule has 1 amide bonds. The van der Waals surface area contributed by atoms with Gasteiger partial charge >= 0.3 is 0 Å². The van der Waals surface area contributed by atoms with Crippen LogP contribution in [0.25, 0.3) is 0 Å². The second kappa shape index (κ2) is 3.05. The average molecular weight is 173 g/mol. The maximum Gasteiger partial charge on any atom is 0.224 e. The first kappa shape index (κ1) is 8.91. The summed E-state index contributed by atoms with van der Waals surface area (Å²) in [7, 11) is 0. The molecule has 3 heteroatoms. The molecule has 2 nitrogen and oxygen atoms in total. The number of amides is 1. The second-order valence-electron chi connectivity index (χ2n) is 3.63. The van der Waals surface area contributed by atoms with Gasteiger partial charge in [-0.2, -0.15) is 12.6 Å². The molecule has 1 aliphatic carbocycles. The molecule has 0 spiro atoms. The fraction of sp³-hybridized carbons (Fsp3) is 0.875. The zero-order valence-corrected chi connectivity index (χ0v) is 7.95. The van der Waals surface area contributed by atoms with Crippen molar-refractivity contribution in [3.63, 3.8) is 0 Å². The summed E-state index contributed by atoms with van der Waals surface area (Å²) in [6, 6.07) is 0. The summed E-state index contributed by atoms with van der Waals surface area (Å²) in [4.78, 5) is 11.3. The van der Waals surface area contributed by atoms with Crippen molar-refractivity contribution in [3.05, 3.63) is 0 Å². The SMILES string of the molecule is CC(CS)C(=O)NC1(C)CC1. The molecule has 1 saturated carbocycles. The van der Waals surface area contributed by atoms with Gasteiger partial charge in [-0.1, -0.05) is 6.92 Å². The lowest BCUT2D eigenvalue weighted by molar-refractivity contribution is -0.124. The summed E-state index contributed by atoms with van der Waals surface area (Å²) >= 11 is 4.06. The van der Waals surface area contributed by atoms with Crippen molar-refractivity contribution in [1.82, 2.24) is 5.32 Å². The molecule has 1 fully saturated rings. The Labute approximate surface area is 73.2 Å². The maximum absolute atomic E-state index is 11.3. The highest BCUT2D eigenvalue weighted by Crippen LogP contribution is 2.34. The van der Waals surface area contributed by atoms with Crippen molar-refractivity contribution in [2.75, 3.05) is 5.75 Å². The van der Waals surface area contributed by atoms with Gasteiger partial charge in [0.1, 0.15) is 0 Å². The molecule has 0 aromatic rings. The molecule has 11 heavy (non-hydrogen) atoms. The van der Waals surface area contributed by atoms with E-state index in [2.05, 4.69) is 24.9 Å². The van der Waals surface area contributed by atoms with Crippen LogP contribution in [0.3, 0.4) is 0 Å². The lowest BCUT2D eigenvalue weighted by Crippen LogP contribution is -2.38. The van der Waals surface area contributed by atoms with Gasteiger partial charge in [0, 0.05) is 17.2 Å². The van der Waals surface area contributed by atoms with E-state index in [0.717, 1.165) is 12.8 Å². The van der Waals surface area contributed by atoms with Crippen LogP contribution in [0.2, 0.25) is 0 Å². The van der Waals surface area contributed by atoms with Gasteiger partial charge in [-0.15, -0.1) is 0 Å². The number of thiol groups is 1. The molecule has 0 radical (unpaired) electrons. The van der Waals surface area contributed by atoms with Crippen LogP contribution in [0.15, 0.2) is 0 Å². The largest absolute Gasteiger partial charge is 0.351 e. The number of hydrogen-bond acceptors (Lipinski definition) is 2. The first-order valence-corrected chi connectivity index (χ1v) is 4.63. The molecule has 0 heterocycles. The fourth-order valence-corrected chi connectivity index (χ4v) is 0.982. The van der Waals surface area contributed by atoms with Crippen molar-refractivity contribution >= 4 is 18.5 Å². The highest BCUT2D eigenvalue weighted by Gasteiger charge is 2.39. The van der Waals surface area contributed by atoms with Crippen LogP contribution in [0.1, 0.15) is 26.7 Å². The van der Waals surface area contributed by atoms with Gasteiger partial charge in [0.15, 0.2) is 0 Å². The summed E-state index contributed by atoms with van der Waals surface area (Å²) in [6.45, 7) is 3.98. The van der Waals surface area contributed by atoms with Crippen molar-refractivity contribution in [2.45, 2.75) is 32.2 Å². The van der Waals surface area contributed by atoms with Gasteiger partial charge in [-0.25, -0.2) is 0 Å². The molecular weight excluding hydrogens is 158 g/mol. The molecule has 0 aliphatic heterocycles. The average Bonchev–Trinajstić information content (AvgIpc) is 2.66. The van der Waals surface area contributed by atoms with Crippen LogP contribution in [-0.2, 0) is 4.79 Å². The normalized spacial score (nSPS) is 22.5. The van der Waals surface area contributed by atoms with E-state index in [-0.39, 0.29) is 17.4 Å². The number of carbonyl (C=O) groups is 1. The summed E-state index contributed by atoms with van der Waals surface area (Å²) in [5.41, 5.74) is 0.119. The van der Waals surface area contributed by atoms with Crippen LogP contribution >= 0.6 is 12.6 Å². The van der Waals surface area contributed by atoms with Crippen LogP contribution in [0.4, 0.5) is 0 Å². The third kappa shape index (κ3) is 2.40. The Morgan fingerprint density at radius 3 is 2.64 bits per heavy atom. The molecule has 1 rings (SSSR count). The van der Waals surface area contributed by atoms with Crippen LogP contribution < -0.4 is 5.32 Å². The van der Waals surface area contributed by atoms with Gasteiger partial charge in [0.05, 0.1) is 0 Å². The summed E-state index contributed by atoms with van der Waals surface area (Å²) < 4.78 is 0. The Kier molecular flexibility index (Phi) is 2.47. The third-order valence-electron chi connectivity index (χ3n) is 2.15. The monoisotopic (exact) mass is 173 g/mol. The lowest BCUT2D eigenvalue weighted by atomic mass is 10.2. The van der Waals surface area contributed by atoms with Crippen LogP contribution in [0.5, 0.6) is 0 Å². The van der Waals surface area contributed by atoms with Gasteiger partial charge in [0.2, 0.25) is 5.91 Å². The summed E-state index contributed by atoms with van der Waals surface area (Å²) in [5.74, 6) is 0.804. The second-order valence-corrected chi connectivity index (χ2v) is 4.00. The minimum Gasteiger partial charge on any atom is -0.351 e. The molecule has 0 aromatic heterocycles. The zero-order valence-electron chi connectivity index (χ0n) is 7.05. The predicted octanol–water partition coefficient (Wildman–Crippen LogP) is 1.22. The van der Waals surface area contributed by atoms with E-state index in [1.54, 1.807) is 0 Å². The van der Waals surface area contributed by atoms with E-state index in [1.807, 2.05) is 6.92 Å². The third-order valence-corrected chi connectivity index (χ3v) is 2.69. The molecule has 0 bridgehead atoms. The van der Waals surface area contributed by atoms with Crippen LogP contribution in [0, 0.1) is 5.92 Å². The van der Waals surface area contributed by atoms with Crippen molar-refractivity contribution < 1.29 is 4.79 Å². The van der Waals surface area contributed by atoms with Crippen LogP contribution in [-0.4, -0.2) is 17.2 Å². The number of rotatable bonds is 3. The van der Waals surface area contributed by atoms with Gasteiger partial charge in [0.25, 0.3) is 0 Å². The highest BCUT2D eigenvalue weighted by molar-refractivity contribution is 7.80. The van der Waals surface area contributed by atoms with Crippen molar-refractivity contribution in [2.24, 2.45) is 5.92 Å². The van der Waals surface area contributed by atoms with E-state index >= 15 is 0 Å². The minimum atomic E-state index is 0.0377. The first-order valence-electron chi connectivity index (χ1n) is 4.00. The zero-order chi connectivity index (χ0) is 8.48.